The van der Waals surface area contributed by atoms with Crippen LogP contribution in [0.5, 0.6) is 5.75 Å². The van der Waals surface area contributed by atoms with Gasteiger partial charge in [-0.05, 0) is 72.3 Å². The van der Waals surface area contributed by atoms with E-state index < -0.39 is 21.9 Å². The first-order chi connectivity index (χ1) is 13.6. The summed E-state index contributed by atoms with van der Waals surface area (Å²) in [6.45, 7) is 0. The van der Waals surface area contributed by atoms with E-state index in [0.29, 0.717) is 10.6 Å². The Morgan fingerprint density at radius 3 is 2.21 bits per heavy atom. The molecule has 0 bridgehead atoms. The molecule has 0 unspecified atom stereocenters. The van der Waals surface area contributed by atoms with Gasteiger partial charge in [0, 0.05) is 11.2 Å². The average Bonchev–Trinajstić information content (AvgIpc) is 2.67. The SMILES string of the molecule is O=S(=O)(Oc1ccc(C=Nc2cccc(C(F)(F)F)c2)cc1)c1ccc(Cl)cc1. The second kappa shape index (κ2) is 8.26. The van der Waals surface area contributed by atoms with Gasteiger partial charge in [0.05, 0.1) is 11.3 Å². The molecule has 29 heavy (non-hydrogen) atoms. The Bertz CT molecular complexity index is 1130. The molecule has 3 aromatic rings. The molecule has 3 aromatic carbocycles. The van der Waals surface area contributed by atoms with E-state index in [-0.39, 0.29) is 16.3 Å². The van der Waals surface area contributed by atoms with Crippen LogP contribution in [0.4, 0.5) is 18.9 Å². The smallest absolute Gasteiger partial charge is 0.379 e. The molecule has 9 heteroatoms. The van der Waals surface area contributed by atoms with Crippen LogP contribution in [0.2, 0.25) is 5.02 Å². The molecule has 0 atom stereocenters. The lowest BCUT2D eigenvalue weighted by molar-refractivity contribution is -0.137. The number of rotatable bonds is 5. The Hall–Kier alpha value is -2.84. The Morgan fingerprint density at radius 2 is 1.59 bits per heavy atom. The minimum Gasteiger partial charge on any atom is -0.379 e. The zero-order valence-corrected chi connectivity index (χ0v) is 16.2. The monoisotopic (exact) mass is 439 g/mol. The molecule has 0 aliphatic heterocycles. The van der Waals surface area contributed by atoms with E-state index in [0.717, 1.165) is 12.1 Å². The molecule has 4 nitrogen and oxygen atoms in total. The molecule has 0 saturated carbocycles. The van der Waals surface area contributed by atoms with Crippen LogP contribution in [0.3, 0.4) is 0 Å². The first kappa shape index (κ1) is 20.9. The minimum absolute atomic E-state index is 0.0444. The zero-order valence-electron chi connectivity index (χ0n) is 14.6. The van der Waals surface area contributed by atoms with E-state index in [4.69, 9.17) is 15.8 Å². The highest BCUT2D eigenvalue weighted by Gasteiger charge is 2.30. The maximum atomic E-state index is 12.7. The molecule has 0 N–H and O–H groups in total. The topological polar surface area (TPSA) is 55.7 Å². The summed E-state index contributed by atoms with van der Waals surface area (Å²) in [5.74, 6) is 0.0798. The largest absolute Gasteiger partial charge is 0.416 e. The zero-order chi connectivity index (χ0) is 21.1. The standard InChI is InChI=1S/C20H13ClF3NO3S/c21-16-6-10-19(11-7-16)29(26,27)28-18-8-4-14(5-9-18)13-25-17-3-1-2-15(12-17)20(22,23)24/h1-13H. The van der Waals surface area contributed by atoms with Crippen LogP contribution < -0.4 is 4.18 Å². The van der Waals surface area contributed by atoms with Crippen molar-refractivity contribution in [2.24, 2.45) is 4.99 Å². The van der Waals surface area contributed by atoms with Crippen molar-refractivity contribution in [3.05, 3.63) is 88.9 Å². The lowest BCUT2D eigenvalue weighted by atomic mass is 10.2. The van der Waals surface area contributed by atoms with Crippen LogP contribution in [-0.4, -0.2) is 14.6 Å². The first-order valence-corrected chi connectivity index (χ1v) is 9.93. The van der Waals surface area contributed by atoms with E-state index in [9.17, 15) is 21.6 Å². The van der Waals surface area contributed by atoms with Gasteiger partial charge in [-0.25, -0.2) is 0 Å². The summed E-state index contributed by atoms with van der Waals surface area (Å²) in [7, 11) is -4.02. The third kappa shape index (κ3) is 5.58. The molecular formula is C20H13ClF3NO3S. The normalized spacial score (nSPS) is 12.3. The molecule has 0 amide bonds. The van der Waals surface area contributed by atoms with Crippen LogP contribution in [-0.2, 0) is 16.3 Å². The van der Waals surface area contributed by atoms with Gasteiger partial charge >= 0.3 is 16.3 Å². The lowest BCUT2D eigenvalue weighted by Gasteiger charge is -2.07. The van der Waals surface area contributed by atoms with Gasteiger partial charge in [-0.15, -0.1) is 0 Å². The number of aliphatic imine (C=N–C) groups is 1. The second-order valence-corrected chi connectivity index (χ2v) is 7.85. The molecule has 0 aliphatic carbocycles. The van der Waals surface area contributed by atoms with E-state index in [1.165, 1.54) is 66.9 Å². The molecule has 0 fully saturated rings. The van der Waals surface area contributed by atoms with Crippen molar-refractivity contribution < 1.29 is 25.8 Å². The highest BCUT2D eigenvalue weighted by Crippen LogP contribution is 2.31. The van der Waals surface area contributed by atoms with Crippen molar-refractivity contribution in [3.8, 4) is 5.75 Å². The van der Waals surface area contributed by atoms with Crippen LogP contribution >= 0.6 is 11.6 Å². The Morgan fingerprint density at radius 1 is 0.931 bits per heavy atom. The highest BCUT2D eigenvalue weighted by atomic mass is 35.5. The molecule has 0 aromatic heterocycles. The molecule has 0 heterocycles. The predicted octanol–water partition coefficient (Wildman–Crippen LogP) is 5.88. The number of halogens is 4. The Balaban J connectivity index is 1.72. The van der Waals surface area contributed by atoms with Gasteiger partial charge in [-0.1, -0.05) is 17.7 Å². The first-order valence-electron chi connectivity index (χ1n) is 8.15. The van der Waals surface area contributed by atoms with Gasteiger partial charge in [-0.3, -0.25) is 4.99 Å². The quantitative estimate of drug-likeness (QED) is 0.368. The number of hydrogen-bond donors (Lipinski definition) is 0. The van der Waals surface area contributed by atoms with E-state index >= 15 is 0 Å². The third-order valence-corrected chi connectivity index (χ3v) is 5.24. The van der Waals surface area contributed by atoms with Crippen molar-refractivity contribution in [3.63, 3.8) is 0 Å². The average molecular weight is 440 g/mol. The summed E-state index contributed by atoms with van der Waals surface area (Å²) in [4.78, 5) is 3.97. The number of nitrogens with zero attached hydrogens (tertiary/aromatic N) is 1. The number of alkyl halides is 3. The van der Waals surface area contributed by atoms with Crippen molar-refractivity contribution >= 4 is 33.6 Å². The van der Waals surface area contributed by atoms with Gasteiger partial charge in [-0.2, -0.15) is 21.6 Å². The fourth-order valence-electron chi connectivity index (χ4n) is 2.30. The molecule has 0 aliphatic rings. The van der Waals surface area contributed by atoms with Gasteiger partial charge in [0.15, 0.2) is 0 Å². The third-order valence-electron chi connectivity index (χ3n) is 3.72. The van der Waals surface area contributed by atoms with Gasteiger partial charge < -0.3 is 4.18 Å². The van der Waals surface area contributed by atoms with Crippen molar-refractivity contribution in [2.75, 3.05) is 0 Å². The summed E-state index contributed by atoms with van der Waals surface area (Å²) in [5.41, 5.74) is -0.0903. The molecule has 150 valence electrons. The predicted molar refractivity (Wildman–Crippen MR) is 104 cm³/mol. The van der Waals surface area contributed by atoms with Crippen molar-refractivity contribution in [2.45, 2.75) is 11.1 Å². The maximum Gasteiger partial charge on any atom is 0.416 e. The number of hydrogen-bond acceptors (Lipinski definition) is 4. The van der Waals surface area contributed by atoms with Crippen LogP contribution in [0.15, 0.2) is 82.7 Å². The summed E-state index contributed by atoms with van der Waals surface area (Å²) >= 11 is 5.74. The fourth-order valence-corrected chi connectivity index (χ4v) is 3.35. The molecular weight excluding hydrogens is 427 g/mol. The Kier molecular flexibility index (Phi) is 5.95. The van der Waals surface area contributed by atoms with Crippen LogP contribution in [0, 0.1) is 0 Å². The van der Waals surface area contributed by atoms with Crippen molar-refractivity contribution in [1.82, 2.24) is 0 Å². The van der Waals surface area contributed by atoms with Crippen molar-refractivity contribution in [1.29, 1.82) is 0 Å². The number of benzene rings is 3. The van der Waals surface area contributed by atoms with Crippen LogP contribution in [0.25, 0.3) is 0 Å². The second-order valence-electron chi connectivity index (χ2n) is 5.87. The minimum atomic E-state index is -4.44. The summed E-state index contributed by atoms with van der Waals surface area (Å²) in [5, 5.41) is 0.397. The maximum absolute atomic E-state index is 12.7. The van der Waals surface area contributed by atoms with E-state index in [2.05, 4.69) is 4.99 Å². The van der Waals surface area contributed by atoms with E-state index in [1.54, 1.807) is 0 Å². The van der Waals surface area contributed by atoms with Gasteiger partial charge in [0.2, 0.25) is 0 Å². The lowest BCUT2D eigenvalue weighted by Crippen LogP contribution is -2.09. The molecule has 3 rings (SSSR count). The summed E-state index contributed by atoms with van der Waals surface area (Å²) < 4.78 is 67.7. The molecule has 0 spiro atoms. The highest BCUT2D eigenvalue weighted by molar-refractivity contribution is 7.87. The molecule has 0 radical (unpaired) electrons. The molecule has 0 saturated heterocycles. The Labute approximate surface area is 170 Å². The van der Waals surface area contributed by atoms with E-state index in [1.807, 2.05) is 0 Å². The summed E-state index contributed by atoms with van der Waals surface area (Å²) in [6.07, 6.45) is -3.08. The summed E-state index contributed by atoms with van der Waals surface area (Å²) in [6, 6.07) is 16.0. The van der Waals surface area contributed by atoms with Crippen LogP contribution in [0.1, 0.15) is 11.1 Å². The fraction of sp³-hybridized carbons (Fsp3) is 0.0500. The van der Waals surface area contributed by atoms with Gasteiger partial charge in [0.1, 0.15) is 10.6 Å². The van der Waals surface area contributed by atoms with Gasteiger partial charge in [0.25, 0.3) is 0 Å².